The van der Waals surface area contributed by atoms with Gasteiger partial charge in [0.2, 0.25) is 0 Å². The van der Waals surface area contributed by atoms with Gasteiger partial charge in [-0.05, 0) is 24.9 Å². The number of rotatable bonds is 5. The van der Waals surface area contributed by atoms with Crippen molar-refractivity contribution in [3.8, 4) is 0 Å². The quantitative estimate of drug-likeness (QED) is 0.711. The molecule has 1 atom stereocenters. The summed E-state index contributed by atoms with van der Waals surface area (Å²) < 4.78 is 0. The standard InChI is InChI=1S/C11H17N3O/c1-8(6-12)2-3-11(15)9-7-14-5-4-10(9)13/h4-5,7-8H,2-3,6,12H2,1H3,(H2,13,14). The Labute approximate surface area is 89.7 Å². The second-order valence-electron chi connectivity index (χ2n) is 3.77. The number of nitrogens with two attached hydrogens (primary N) is 2. The first kappa shape index (κ1) is 11.7. The van der Waals surface area contributed by atoms with Crippen molar-refractivity contribution >= 4 is 11.5 Å². The Morgan fingerprint density at radius 2 is 2.33 bits per heavy atom. The van der Waals surface area contributed by atoms with Gasteiger partial charge in [-0.3, -0.25) is 9.78 Å². The van der Waals surface area contributed by atoms with Crippen LogP contribution < -0.4 is 11.5 Å². The highest BCUT2D eigenvalue weighted by Gasteiger charge is 2.10. The van der Waals surface area contributed by atoms with Crippen LogP contribution in [0, 0.1) is 5.92 Å². The summed E-state index contributed by atoms with van der Waals surface area (Å²) in [5.74, 6) is 0.410. The van der Waals surface area contributed by atoms with Gasteiger partial charge >= 0.3 is 0 Å². The highest BCUT2D eigenvalue weighted by atomic mass is 16.1. The predicted molar refractivity (Wildman–Crippen MR) is 60.4 cm³/mol. The summed E-state index contributed by atoms with van der Waals surface area (Å²) in [5.41, 5.74) is 12.2. The summed E-state index contributed by atoms with van der Waals surface area (Å²) in [7, 11) is 0. The molecule has 0 fully saturated rings. The van der Waals surface area contributed by atoms with Gasteiger partial charge in [-0.2, -0.15) is 0 Å². The molecule has 1 heterocycles. The van der Waals surface area contributed by atoms with Crippen molar-refractivity contribution in [1.29, 1.82) is 0 Å². The Kier molecular flexibility index (Phi) is 4.24. The van der Waals surface area contributed by atoms with Crippen LogP contribution in [-0.2, 0) is 0 Å². The van der Waals surface area contributed by atoms with Crippen LogP contribution in [0.5, 0.6) is 0 Å². The maximum absolute atomic E-state index is 11.7. The lowest BCUT2D eigenvalue weighted by atomic mass is 10.0. The van der Waals surface area contributed by atoms with Gasteiger partial charge in [0.05, 0.1) is 5.56 Å². The Bertz CT molecular complexity index is 338. The van der Waals surface area contributed by atoms with Crippen LogP contribution in [-0.4, -0.2) is 17.3 Å². The molecule has 82 valence electrons. The molecule has 1 aromatic heterocycles. The smallest absolute Gasteiger partial charge is 0.166 e. The van der Waals surface area contributed by atoms with E-state index < -0.39 is 0 Å². The van der Waals surface area contributed by atoms with E-state index in [2.05, 4.69) is 4.98 Å². The molecule has 4 heteroatoms. The average molecular weight is 207 g/mol. The summed E-state index contributed by atoms with van der Waals surface area (Å²) in [6, 6.07) is 1.64. The molecule has 4 N–H and O–H groups in total. The number of nitrogen functional groups attached to an aromatic ring is 1. The van der Waals surface area contributed by atoms with Gasteiger partial charge < -0.3 is 11.5 Å². The van der Waals surface area contributed by atoms with Crippen molar-refractivity contribution < 1.29 is 4.79 Å². The molecule has 0 saturated carbocycles. The van der Waals surface area contributed by atoms with Gasteiger partial charge in [-0.15, -0.1) is 0 Å². The summed E-state index contributed by atoms with van der Waals surface area (Å²) in [6.07, 6.45) is 4.37. The fourth-order valence-corrected chi connectivity index (χ4v) is 1.27. The molecule has 0 aliphatic heterocycles. The second-order valence-corrected chi connectivity index (χ2v) is 3.77. The van der Waals surface area contributed by atoms with Gasteiger partial charge in [0, 0.05) is 24.5 Å². The van der Waals surface area contributed by atoms with E-state index in [1.165, 1.54) is 6.20 Å². The molecular weight excluding hydrogens is 190 g/mol. The number of hydrogen-bond donors (Lipinski definition) is 2. The van der Waals surface area contributed by atoms with Gasteiger partial charge in [-0.1, -0.05) is 6.92 Å². The summed E-state index contributed by atoms with van der Waals surface area (Å²) >= 11 is 0. The molecule has 15 heavy (non-hydrogen) atoms. The minimum absolute atomic E-state index is 0.0425. The first-order valence-corrected chi connectivity index (χ1v) is 5.08. The van der Waals surface area contributed by atoms with Crippen molar-refractivity contribution in [2.75, 3.05) is 12.3 Å². The third-order valence-corrected chi connectivity index (χ3v) is 2.42. The maximum atomic E-state index is 11.7. The van der Waals surface area contributed by atoms with Crippen molar-refractivity contribution in [2.24, 2.45) is 11.7 Å². The molecule has 0 bridgehead atoms. The van der Waals surface area contributed by atoms with Gasteiger partial charge in [0.15, 0.2) is 5.78 Å². The van der Waals surface area contributed by atoms with Gasteiger partial charge in [0.25, 0.3) is 0 Å². The molecule has 0 aliphatic rings. The Balaban J connectivity index is 2.58. The zero-order valence-corrected chi connectivity index (χ0v) is 8.94. The van der Waals surface area contributed by atoms with Crippen molar-refractivity contribution in [3.63, 3.8) is 0 Å². The molecule has 0 amide bonds. The number of carbonyl (C=O) groups excluding carboxylic acids is 1. The fourth-order valence-electron chi connectivity index (χ4n) is 1.27. The largest absolute Gasteiger partial charge is 0.398 e. The van der Waals surface area contributed by atoms with Gasteiger partial charge in [-0.25, -0.2) is 0 Å². The maximum Gasteiger partial charge on any atom is 0.166 e. The van der Waals surface area contributed by atoms with Crippen molar-refractivity contribution in [1.82, 2.24) is 4.98 Å². The van der Waals surface area contributed by atoms with E-state index in [9.17, 15) is 4.79 Å². The average Bonchev–Trinajstić information content (AvgIpc) is 2.26. The van der Waals surface area contributed by atoms with Gasteiger partial charge in [0.1, 0.15) is 0 Å². The lowest BCUT2D eigenvalue weighted by Crippen LogP contribution is -2.13. The van der Waals surface area contributed by atoms with E-state index in [0.717, 1.165) is 6.42 Å². The molecule has 4 nitrogen and oxygen atoms in total. The second kappa shape index (κ2) is 5.46. The lowest BCUT2D eigenvalue weighted by Gasteiger charge is -2.07. The third-order valence-electron chi connectivity index (χ3n) is 2.42. The Morgan fingerprint density at radius 1 is 1.60 bits per heavy atom. The van der Waals surface area contributed by atoms with E-state index in [-0.39, 0.29) is 5.78 Å². The van der Waals surface area contributed by atoms with Crippen LogP contribution in [0.15, 0.2) is 18.5 Å². The lowest BCUT2D eigenvalue weighted by molar-refractivity contribution is 0.0975. The van der Waals surface area contributed by atoms with Crippen molar-refractivity contribution in [2.45, 2.75) is 19.8 Å². The molecule has 0 aromatic carbocycles. The molecule has 0 radical (unpaired) electrons. The SMILES string of the molecule is CC(CN)CCC(=O)c1cnccc1N. The van der Waals surface area contributed by atoms with E-state index in [1.54, 1.807) is 12.3 Å². The fraction of sp³-hybridized carbons (Fsp3) is 0.455. The number of pyridine rings is 1. The minimum Gasteiger partial charge on any atom is -0.398 e. The van der Waals surface area contributed by atoms with Crippen LogP contribution in [0.3, 0.4) is 0 Å². The first-order chi connectivity index (χ1) is 7.15. The number of aromatic nitrogens is 1. The molecule has 0 spiro atoms. The van der Waals surface area contributed by atoms with E-state index >= 15 is 0 Å². The molecule has 1 aromatic rings. The highest BCUT2D eigenvalue weighted by Crippen LogP contribution is 2.14. The van der Waals surface area contributed by atoms with Crippen LogP contribution >= 0.6 is 0 Å². The molecule has 0 aliphatic carbocycles. The Morgan fingerprint density at radius 3 is 2.93 bits per heavy atom. The number of nitrogens with zero attached hydrogens (tertiary/aromatic N) is 1. The zero-order chi connectivity index (χ0) is 11.3. The van der Waals surface area contributed by atoms with E-state index in [4.69, 9.17) is 11.5 Å². The summed E-state index contributed by atoms with van der Waals surface area (Å²) in [6.45, 7) is 2.63. The number of hydrogen-bond acceptors (Lipinski definition) is 4. The zero-order valence-electron chi connectivity index (χ0n) is 8.94. The van der Waals surface area contributed by atoms with E-state index in [1.807, 2.05) is 6.92 Å². The molecule has 0 saturated heterocycles. The number of anilines is 1. The van der Waals surface area contributed by atoms with Crippen LogP contribution in [0.4, 0.5) is 5.69 Å². The highest BCUT2D eigenvalue weighted by molar-refractivity contribution is 6.00. The van der Waals surface area contributed by atoms with E-state index in [0.29, 0.717) is 30.1 Å². The first-order valence-electron chi connectivity index (χ1n) is 5.08. The number of Topliss-reactive ketones (excluding diaryl/α,β-unsaturated/α-hetero) is 1. The summed E-state index contributed by atoms with van der Waals surface area (Å²) in [5, 5.41) is 0. The third kappa shape index (κ3) is 3.32. The Hall–Kier alpha value is -1.42. The van der Waals surface area contributed by atoms with Crippen LogP contribution in [0.2, 0.25) is 0 Å². The summed E-state index contributed by atoms with van der Waals surface area (Å²) in [4.78, 5) is 15.6. The topological polar surface area (TPSA) is 82.0 Å². The number of carbonyl (C=O) groups is 1. The molecule has 1 rings (SSSR count). The monoisotopic (exact) mass is 207 g/mol. The predicted octanol–water partition coefficient (Wildman–Crippen LogP) is 1.22. The molecule has 1 unspecified atom stereocenters. The van der Waals surface area contributed by atoms with Crippen molar-refractivity contribution in [3.05, 3.63) is 24.0 Å². The van der Waals surface area contributed by atoms with Crippen LogP contribution in [0.25, 0.3) is 0 Å². The molecular formula is C11H17N3O. The van der Waals surface area contributed by atoms with Crippen LogP contribution in [0.1, 0.15) is 30.1 Å². The number of ketones is 1. The normalized spacial score (nSPS) is 12.4. The minimum atomic E-state index is 0.0425.